The number of ether oxygens (including phenoxy) is 1. The van der Waals surface area contributed by atoms with Crippen LogP contribution in [0.15, 0.2) is 36.5 Å². The molecule has 0 fully saturated rings. The highest BCUT2D eigenvalue weighted by Crippen LogP contribution is 2.04. The minimum absolute atomic E-state index is 0.129. The maximum atomic E-state index is 11.3. The van der Waals surface area contributed by atoms with Gasteiger partial charge < -0.3 is 14.9 Å². The highest BCUT2D eigenvalue weighted by atomic mass is 16.5. The summed E-state index contributed by atoms with van der Waals surface area (Å²) in [5.41, 5.74) is 0. The van der Waals surface area contributed by atoms with Gasteiger partial charge in [-0.25, -0.2) is 0 Å². The van der Waals surface area contributed by atoms with Gasteiger partial charge in [-0.15, -0.1) is 0 Å². The lowest BCUT2D eigenvalue weighted by atomic mass is 10.1. The number of aliphatic hydroxyl groups is 2. The molecular formula is C21H36O4. The Kier molecular flexibility index (Phi) is 17.9. The number of hydrogen-bond acceptors (Lipinski definition) is 4. The molecule has 0 heterocycles. The van der Waals surface area contributed by atoms with E-state index in [-0.39, 0.29) is 19.2 Å². The lowest BCUT2D eigenvalue weighted by Gasteiger charge is -2.07. The van der Waals surface area contributed by atoms with E-state index in [4.69, 9.17) is 14.9 Å². The number of hydrogen-bond donors (Lipinski definition) is 2. The molecule has 0 bridgehead atoms. The zero-order valence-electron chi connectivity index (χ0n) is 15.7. The first-order valence-electron chi connectivity index (χ1n) is 9.60. The molecule has 0 rings (SSSR count). The number of aliphatic hydroxyl groups excluding tert-OH is 2. The van der Waals surface area contributed by atoms with Crippen LogP contribution in [0.3, 0.4) is 0 Å². The van der Waals surface area contributed by atoms with Gasteiger partial charge in [0.05, 0.1) is 6.61 Å². The molecule has 4 heteroatoms. The minimum atomic E-state index is -0.975. The molecule has 0 spiro atoms. The third-order valence-corrected chi connectivity index (χ3v) is 3.67. The third kappa shape index (κ3) is 18.8. The number of rotatable bonds is 16. The van der Waals surface area contributed by atoms with E-state index >= 15 is 0 Å². The number of carbonyl (C=O) groups excluding carboxylic acids is 1. The van der Waals surface area contributed by atoms with E-state index in [1.807, 2.05) is 0 Å². The molecule has 0 unspecified atom stereocenters. The van der Waals surface area contributed by atoms with Crippen molar-refractivity contribution in [1.29, 1.82) is 0 Å². The summed E-state index contributed by atoms with van der Waals surface area (Å²) in [6, 6.07) is 0. The van der Waals surface area contributed by atoms with Crippen LogP contribution in [0.4, 0.5) is 0 Å². The van der Waals surface area contributed by atoms with E-state index in [1.165, 1.54) is 25.7 Å². The largest absolute Gasteiger partial charge is 0.463 e. The highest BCUT2D eigenvalue weighted by Gasteiger charge is 2.06. The molecule has 0 aromatic carbocycles. The molecule has 2 N–H and O–H groups in total. The molecule has 25 heavy (non-hydrogen) atoms. The highest BCUT2D eigenvalue weighted by molar-refractivity contribution is 5.69. The smallest absolute Gasteiger partial charge is 0.305 e. The fourth-order valence-electron chi connectivity index (χ4n) is 2.14. The van der Waals surface area contributed by atoms with Crippen LogP contribution in [0.5, 0.6) is 0 Å². The van der Waals surface area contributed by atoms with Crippen molar-refractivity contribution in [3.8, 4) is 0 Å². The van der Waals surface area contributed by atoms with Crippen LogP contribution in [0.1, 0.15) is 71.1 Å². The molecular weight excluding hydrogens is 316 g/mol. The Morgan fingerprint density at radius 1 is 0.920 bits per heavy atom. The fourth-order valence-corrected chi connectivity index (χ4v) is 2.14. The van der Waals surface area contributed by atoms with E-state index in [0.29, 0.717) is 6.42 Å². The fraction of sp³-hybridized carbons (Fsp3) is 0.667. The van der Waals surface area contributed by atoms with Crippen molar-refractivity contribution >= 4 is 5.97 Å². The second kappa shape index (κ2) is 18.9. The van der Waals surface area contributed by atoms with E-state index in [2.05, 4.69) is 43.4 Å². The summed E-state index contributed by atoms with van der Waals surface area (Å²) in [5.74, 6) is -0.317. The zero-order chi connectivity index (χ0) is 18.6. The zero-order valence-corrected chi connectivity index (χ0v) is 15.7. The topological polar surface area (TPSA) is 66.8 Å². The third-order valence-electron chi connectivity index (χ3n) is 3.67. The summed E-state index contributed by atoms with van der Waals surface area (Å²) in [6.07, 6.45) is 22.3. The molecule has 0 aliphatic carbocycles. The second-order valence-electron chi connectivity index (χ2n) is 6.15. The quantitative estimate of drug-likeness (QED) is 0.244. The maximum Gasteiger partial charge on any atom is 0.305 e. The number of allylic oxidation sites excluding steroid dienone is 6. The van der Waals surface area contributed by atoms with Crippen LogP contribution in [0, 0.1) is 0 Å². The number of carbonyl (C=O) groups is 1. The van der Waals surface area contributed by atoms with Gasteiger partial charge in [0.1, 0.15) is 12.7 Å². The van der Waals surface area contributed by atoms with Crippen LogP contribution in [-0.2, 0) is 9.53 Å². The monoisotopic (exact) mass is 352 g/mol. The maximum absolute atomic E-state index is 11.3. The van der Waals surface area contributed by atoms with Gasteiger partial charge >= 0.3 is 5.97 Å². The van der Waals surface area contributed by atoms with Crippen molar-refractivity contribution in [2.75, 3.05) is 13.2 Å². The molecule has 0 aliphatic rings. The van der Waals surface area contributed by atoms with Crippen molar-refractivity contribution < 1.29 is 19.7 Å². The molecule has 0 radical (unpaired) electrons. The molecule has 1 atom stereocenters. The van der Waals surface area contributed by atoms with Gasteiger partial charge in [0.15, 0.2) is 0 Å². The summed E-state index contributed by atoms with van der Waals surface area (Å²) in [4.78, 5) is 11.3. The SMILES string of the molecule is CCCCC/C=C\C/C=C\C/C=C\CCCCC(=O)OC[C@@H](O)CO. The first-order valence-corrected chi connectivity index (χ1v) is 9.60. The summed E-state index contributed by atoms with van der Waals surface area (Å²) < 4.78 is 4.83. The van der Waals surface area contributed by atoms with Crippen molar-refractivity contribution in [1.82, 2.24) is 0 Å². The molecule has 0 amide bonds. The van der Waals surface area contributed by atoms with Crippen LogP contribution >= 0.6 is 0 Å². The van der Waals surface area contributed by atoms with E-state index < -0.39 is 6.10 Å². The van der Waals surface area contributed by atoms with Crippen LogP contribution < -0.4 is 0 Å². The Bertz CT molecular complexity index is 385. The number of unbranched alkanes of at least 4 members (excludes halogenated alkanes) is 5. The van der Waals surface area contributed by atoms with E-state index in [0.717, 1.165) is 32.1 Å². The molecule has 0 aromatic rings. The van der Waals surface area contributed by atoms with Crippen molar-refractivity contribution in [2.24, 2.45) is 0 Å². The Labute approximate surface area is 153 Å². The number of esters is 1. The van der Waals surface area contributed by atoms with Crippen LogP contribution in [0.2, 0.25) is 0 Å². The predicted molar refractivity (Wildman–Crippen MR) is 103 cm³/mol. The Hall–Kier alpha value is -1.39. The Morgan fingerprint density at radius 2 is 1.48 bits per heavy atom. The normalized spacial score (nSPS) is 13.2. The second-order valence-corrected chi connectivity index (χ2v) is 6.15. The standard InChI is InChI=1S/C21H36O4/c1-2-3-4-5-6-7-8-9-10-11-12-13-14-15-16-17-21(24)25-19-20(23)18-22/h6-7,9-10,12-13,20,22-23H,2-5,8,11,14-19H2,1H3/b7-6-,10-9-,13-12-/t20-/m0/s1. The molecule has 0 aromatic heterocycles. The Balaban J connectivity index is 3.43. The van der Waals surface area contributed by atoms with Gasteiger partial charge in [-0.3, -0.25) is 4.79 Å². The lowest BCUT2D eigenvalue weighted by molar-refractivity contribution is -0.147. The van der Waals surface area contributed by atoms with Gasteiger partial charge in [0.2, 0.25) is 0 Å². The summed E-state index contributed by atoms with van der Waals surface area (Å²) in [6.45, 7) is 1.71. The van der Waals surface area contributed by atoms with Gasteiger partial charge in [-0.1, -0.05) is 56.2 Å². The van der Waals surface area contributed by atoms with Crippen molar-refractivity contribution in [3.05, 3.63) is 36.5 Å². The summed E-state index contributed by atoms with van der Waals surface area (Å²) in [7, 11) is 0. The van der Waals surface area contributed by atoms with Gasteiger partial charge in [0, 0.05) is 6.42 Å². The first kappa shape index (κ1) is 23.6. The van der Waals surface area contributed by atoms with Gasteiger partial charge in [-0.05, 0) is 44.9 Å². The van der Waals surface area contributed by atoms with Gasteiger partial charge in [-0.2, -0.15) is 0 Å². The summed E-state index contributed by atoms with van der Waals surface area (Å²) >= 11 is 0. The van der Waals surface area contributed by atoms with Crippen molar-refractivity contribution in [2.45, 2.75) is 77.2 Å². The molecule has 0 saturated heterocycles. The average Bonchev–Trinajstić information content (AvgIpc) is 2.62. The van der Waals surface area contributed by atoms with Crippen LogP contribution in [0.25, 0.3) is 0 Å². The predicted octanol–water partition coefficient (Wildman–Crippen LogP) is 4.47. The molecule has 4 nitrogen and oxygen atoms in total. The molecule has 0 saturated carbocycles. The lowest BCUT2D eigenvalue weighted by Crippen LogP contribution is -2.21. The van der Waals surface area contributed by atoms with E-state index in [1.54, 1.807) is 0 Å². The van der Waals surface area contributed by atoms with Gasteiger partial charge in [0.25, 0.3) is 0 Å². The first-order chi connectivity index (χ1) is 12.2. The minimum Gasteiger partial charge on any atom is -0.463 e. The molecule has 144 valence electrons. The molecule has 0 aliphatic heterocycles. The summed E-state index contributed by atoms with van der Waals surface area (Å²) in [5, 5.41) is 17.7. The van der Waals surface area contributed by atoms with Crippen molar-refractivity contribution in [3.63, 3.8) is 0 Å². The Morgan fingerprint density at radius 3 is 2.04 bits per heavy atom. The average molecular weight is 353 g/mol. The van der Waals surface area contributed by atoms with E-state index in [9.17, 15) is 4.79 Å². The van der Waals surface area contributed by atoms with Crippen LogP contribution in [-0.4, -0.2) is 35.5 Å².